The molecular weight excluding hydrogens is 1030 g/mol. The SMILES string of the molecule is O=C(O)CC[C@H](NC(=O)N[C@@H](CCCCNC(=O)[C@H](Cc1ccc2ccccc2c1)NC(=O)Cn1ccc(-c2ccc(NC(=O)CN3CCN(CC(=O)O)CCN(CC(=O)O)CCN(CC(=O)O)CC3)cc2)n1)C(=O)O)C(=O)O. The van der Waals surface area contributed by atoms with Crippen LogP contribution < -0.4 is 26.6 Å². The molecule has 11 N–H and O–H groups in total. The molecule has 3 aromatic carbocycles. The van der Waals surface area contributed by atoms with Gasteiger partial charge in [-0.15, -0.1) is 0 Å². The van der Waals surface area contributed by atoms with Gasteiger partial charge in [-0.1, -0.05) is 54.6 Å². The number of aliphatic carboxylic acids is 6. The zero-order valence-corrected chi connectivity index (χ0v) is 43.3. The Labute approximate surface area is 453 Å². The highest BCUT2D eigenvalue weighted by Crippen LogP contribution is 2.21. The fourth-order valence-corrected chi connectivity index (χ4v) is 8.66. The Morgan fingerprint density at radius 2 is 1.05 bits per heavy atom. The molecule has 0 spiro atoms. The summed E-state index contributed by atoms with van der Waals surface area (Å²) in [5.41, 5.74) is 2.38. The molecule has 3 atom stereocenters. The van der Waals surface area contributed by atoms with Crippen LogP contribution in [0.25, 0.3) is 22.0 Å². The van der Waals surface area contributed by atoms with E-state index in [0.29, 0.717) is 16.9 Å². The number of anilines is 1. The van der Waals surface area contributed by atoms with Crippen molar-refractivity contribution >= 4 is 76.0 Å². The van der Waals surface area contributed by atoms with E-state index in [1.165, 1.54) is 4.68 Å². The lowest BCUT2D eigenvalue weighted by Crippen LogP contribution is -2.51. The molecule has 426 valence electrons. The van der Waals surface area contributed by atoms with E-state index >= 15 is 0 Å². The summed E-state index contributed by atoms with van der Waals surface area (Å²) in [4.78, 5) is 129. The zero-order valence-electron chi connectivity index (χ0n) is 43.3. The maximum absolute atomic E-state index is 13.7. The molecule has 5 rings (SSSR count). The van der Waals surface area contributed by atoms with Crippen molar-refractivity contribution in [2.24, 2.45) is 0 Å². The minimum atomic E-state index is -1.56. The second-order valence-corrected chi connectivity index (χ2v) is 18.9. The van der Waals surface area contributed by atoms with E-state index in [9.17, 15) is 73.5 Å². The molecule has 1 saturated heterocycles. The van der Waals surface area contributed by atoms with Crippen LogP contribution in [-0.2, 0) is 56.1 Å². The average molecular weight is 1100 g/mol. The molecule has 1 aromatic heterocycles. The van der Waals surface area contributed by atoms with Crippen molar-refractivity contribution in [2.45, 2.75) is 63.2 Å². The van der Waals surface area contributed by atoms with Crippen molar-refractivity contribution in [3.05, 3.63) is 84.6 Å². The van der Waals surface area contributed by atoms with Crippen molar-refractivity contribution in [3.8, 4) is 11.3 Å². The number of hydrogen-bond donors (Lipinski definition) is 11. The third-order valence-electron chi connectivity index (χ3n) is 12.8. The van der Waals surface area contributed by atoms with E-state index in [-0.39, 0.29) is 123 Å². The highest BCUT2D eigenvalue weighted by atomic mass is 16.4. The monoisotopic (exact) mass is 1100 g/mol. The number of fused-ring (bicyclic) bond motifs is 1. The molecule has 0 aliphatic carbocycles. The minimum Gasteiger partial charge on any atom is -0.481 e. The molecule has 27 nitrogen and oxygen atoms in total. The third-order valence-corrected chi connectivity index (χ3v) is 12.8. The number of amides is 5. The molecule has 4 aromatic rings. The summed E-state index contributed by atoms with van der Waals surface area (Å²) in [5.74, 6) is -8.76. The molecule has 1 aliphatic heterocycles. The van der Waals surface area contributed by atoms with Gasteiger partial charge in [-0.25, -0.2) is 14.4 Å². The van der Waals surface area contributed by atoms with E-state index in [4.69, 9.17) is 5.11 Å². The fraction of sp³-hybridized carbons (Fsp3) is 0.442. The normalized spacial score (nSPS) is 15.2. The highest BCUT2D eigenvalue weighted by molar-refractivity contribution is 5.93. The summed E-state index contributed by atoms with van der Waals surface area (Å²) in [5, 5.41) is 75.5. The van der Waals surface area contributed by atoms with Gasteiger partial charge in [0.1, 0.15) is 24.7 Å². The Morgan fingerprint density at radius 3 is 1.58 bits per heavy atom. The van der Waals surface area contributed by atoms with Crippen LogP contribution in [0.5, 0.6) is 0 Å². The molecule has 0 radical (unpaired) electrons. The summed E-state index contributed by atoms with van der Waals surface area (Å²) in [6.45, 7) is 0.830. The van der Waals surface area contributed by atoms with Crippen LogP contribution in [0.2, 0.25) is 0 Å². The van der Waals surface area contributed by atoms with Gasteiger partial charge in [0.25, 0.3) is 0 Å². The fourth-order valence-electron chi connectivity index (χ4n) is 8.66. The Balaban J connectivity index is 1.16. The second-order valence-electron chi connectivity index (χ2n) is 18.9. The number of rotatable bonds is 28. The molecule has 0 unspecified atom stereocenters. The van der Waals surface area contributed by atoms with Crippen LogP contribution in [0, 0.1) is 0 Å². The molecule has 0 saturated carbocycles. The quantitative estimate of drug-likeness (QED) is 0.0338. The standard InChI is InChI=1S/C52H67N11O16/c64-43(29-59-19-21-60(31-46(68)69)23-25-62(33-48(72)73)26-24-61(22-20-59)32-47(70)71)54-38-12-10-36(11-13-38)39-16-18-63(58-39)30-44(65)55-42(28-34-8-9-35-5-1-2-6-37(35)27-34)49(74)53-17-4-3-7-40(50(75)76)56-52(79)57-41(51(77)78)14-15-45(66)67/h1-2,5-6,8-13,16,18,27,40-42H,3-4,7,14-15,17,19-26,28-33H2,(H,53,74)(H,54,64)(H,55,65)(H,66,67)(H,68,69)(H,70,71)(H,72,73)(H,75,76)(H,77,78)(H2,56,57,79)/t40-,41-,42-/m0/s1. The predicted molar refractivity (Wildman–Crippen MR) is 283 cm³/mol. The summed E-state index contributed by atoms with van der Waals surface area (Å²) < 4.78 is 1.40. The first-order chi connectivity index (χ1) is 37.7. The van der Waals surface area contributed by atoms with E-state index < -0.39 is 84.6 Å². The summed E-state index contributed by atoms with van der Waals surface area (Å²) in [7, 11) is 0. The summed E-state index contributed by atoms with van der Waals surface area (Å²) in [6, 6.07) is 16.7. The van der Waals surface area contributed by atoms with Crippen LogP contribution in [0.4, 0.5) is 10.5 Å². The van der Waals surface area contributed by atoms with Gasteiger partial charge in [0, 0.05) is 89.2 Å². The van der Waals surface area contributed by atoms with E-state index in [1.54, 1.807) is 56.1 Å². The first-order valence-corrected chi connectivity index (χ1v) is 25.5. The number of carbonyl (C=O) groups is 10. The van der Waals surface area contributed by atoms with Gasteiger partial charge >= 0.3 is 41.8 Å². The lowest BCUT2D eigenvalue weighted by atomic mass is 10.0. The molecular formula is C52H67N11O16. The maximum atomic E-state index is 13.7. The van der Waals surface area contributed by atoms with Gasteiger partial charge < -0.3 is 57.2 Å². The molecule has 2 heterocycles. The first-order valence-electron chi connectivity index (χ1n) is 25.5. The van der Waals surface area contributed by atoms with Gasteiger partial charge in [0.2, 0.25) is 17.7 Å². The molecule has 79 heavy (non-hydrogen) atoms. The van der Waals surface area contributed by atoms with Crippen LogP contribution in [0.1, 0.15) is 37.7 Å². The lowest BCUT2D eigenvalue weighted by Gasteiger charge is -2.32. The number of urea groups is 1. The predicted octanol–water partition coefficient (Wildman–Crippen LogP) is 0.202. The Hall–Kier alpha value is -8.53. The summed E-state index contributed by atoms with van der Waals surface area (Å²) >= 11 is 0. The number of aromatic nitrogens is 2. The van der Waals surface area contributed by atoms with Crippen molar-refractivity contribution in [1.82, 2.24) is 50.6 Å². The van der Waals surface area contributed by atoms with Crippen LogP contribution in [0.3, 0.4) is 0 Å². The van der Waals surface area contributed by atoms with E-state index in [2.05, 4.69) is 31.7 Å². The third kappa shape index (κ3) is 22.2. The highest BCUT2D eigenvalue weighted by Gasteiger charge is 2.27. The second kappa shape index (κ2) is 31.0. The van der Waals surface area contributed by atoms with E-state index in [0.717, 1.165) is 16.3 Å². The number of nitrogens with one attached hydrogen (secondary N) is 5. The van der Waals surface area contributed by atoms with Crippen LogP contribution in [0.15, 0.2) is 79.0 Å². The Bertz CT molecular complexity index is 2740. The first kappa shape index (κ1) is 61.3. The van der Waals surface area contributed by atoms with E-state index in [1.807, 2.05) is 42.5 Å². The lowest BCUT2D eigenvalue weighted by molar-refractivity contribution is -0.141. The summed E-state index contributed by atoms with van der Waals surface area (Å²) in [6.07, 6.45) is 1.13. The minimum absolute atomic E-state index is 0.0737. The maximum Gasteiger partial charge on any atom is 0.326 e. The average Bonchev–Trinajstić information content (AvgIpc) is 3.85. The Kier molecular flexibility index (Phi) is 24.1. The molecule has 1 aliphatic rings. The molecule has 5 amide bonds. The van der Waals surface area contributed by atoms with Crippen molar-refractivity contribution in [2.75, 3.05) is 90.4 Å². The van der Waals surface area contributed by atoms with Gasteiger partial charge in [-0.05, 0) is 60.2 Å². The van der Waals surface area contributed by atoms with Gasteiger partial charge in [-0.3, -0.25) is 57.8 Å². The van der Waals surface area contributed by atoms with Gasteiger partial charge in [-0.2, -0.15) is 5.10 Å². The zero-order chi connectivity index (χ0) is 57.4. The largest absolute Gasteiger partial charge is 0.481 e. The molecule has 0 bridgehead atoms. The number of unbranched alkanes of at least 4 members (excludes halogenated alkanes) is 1. The smallest absolute Gasteiger partial charge is 0.326 e. The number of hydrogen-bond acceptors (Lipinski definition) is 15. The number of benzene rings is 3. The topological polar surface area (TPSA) is 383 Å². The van der Waals surface area contributed by atoms with Crippen molar-refractivity contribution in [3.63, 3.8) is 0 Å². The molecule has 1 fully saturated rings. The van der Waals surface area contributed by atoms with Crippen molar-refractivity contribution in [1.29, 1.82) is 0 Å². The number of nitrogens with zero attached hydrogens (tertiary/aromatic N) is 6. The molecule has 27 heteroatoms. The van der Waals surface area contributed by atoms with Crippen molar-refractivity contribution < 1.29 is 78.6 Å². The number of carbonyl (C=O) groups excluding carboxylic acids is 4. The Morgan fingerprint density at radius 1 is 0.519 bits per heavy atom. The van der Waals surface area contributed by atoms with Gasteiger partial charge in [0.05, 0.1) is 31.9 Å². The van der Waals surface area contributed by atoms with Crippen LogP contribution >= 0.6 is 0 Å². The van der Waals surface area contributed by atoms with Crippen LogP contribution in [-0.4, -0.2) is 223 Å². The van der Waals surface area contributed by atoms with Gasteiger partial charge in [0.15, 0.2) is 0 Å². The number of carboxylic acid groups (broad SMARTS) is 6. The number of carboxylic acids is 6.